The zero-order chi connectivity index (χ0) is 24.2. The standard InChI is InChI=1S/C27H27Cl2N5S/c1-17-7-9-20-21(5-3-6-24(20)30-17)25-31-32-26(33(25)2)35-12-4-11-34-15-19-14-27(19,16-34)18-8-10-22(28)23(29)13-18/h3,5-10,13,19H,4,11-12,14-16H2,1-2H3/t19-,27+/m1/s1. The van der Waals surface area contributed by atoms with Crippen molar-refractivity contribution in [2.45, 2.75) is 30.3 Å². The molecule has 1 saturated carbocycles. The molecule has 0 bridgehead atoms. The van der Waals surface area contributed by atoms with Crippen LogP contribution in [0.15, 0.2) is 53.7 Å². The van der Waals surface area contributed by atoms with E-state index in [2.05, 4.69) is 48.9 Å². The molecular weight excluding hydrogens is 497 g/mol. The van der Waals surface area contributed by atoms with Crippen LogP contribution in [0.25, 0.3) is 22.3 Å². The molecule has 35 heavy (non-hydrogen) atoms. The van der Waals surface area contributed by atoms with Crippen molar-refractivity contribution in [2.75, 3.05) is 25.4 Å². The Morgan fingerprint density at radius 3 is 2.83 bits per heavy atom. The molecule has 2 aromatic carbocycles. The quantitative estimate of drug-likeness (QED) is 0.207. The van der Waals surface area contributed by atoms with Gasteiger partial charge in [-0.1, -0.05) is 59.2 Å². The number of aromatic nitrogens is 4. The first-order valence-electron chi connectivity index (χ1n) is 12.0. The number of aryl methyl sites for hydroxylation is 1. The summed E-state index contributed by atoms with van der Waals surface area (Å²) in [4.78, 5) is 7.26. The second kappa shape index (κ2) is 9.07. The second-order valence-corrected chi connectivity index (χ2v) is 11.7. The maximum absolute atomic E-state index is 6.29. The fourth-order valence-electron chi connectivity index (χ4n) is 5.59. The zero-order valence-electron chi connectivity index (χ0n) is 19.8. The van der Waals surface area contributed by atoms with E-state index in [1.807, 2.05) is 38.2 Å². The van der Waals surface area contributed by atoms with Crippen molar-refractivity contribution >= 4 is 45.9 Å². The van der Waals surface area contributed by atoms with Gasteiger partial charge in [-0.05, 0) is 62.1 Å². The van der Waals surface area contributed by atoms with E-state index in [1.54, 1.807) is 11.8 Å². The van der Waals surface area contributed by atoms with Gasteiger partial charge in [-0.2, -0.15) is 0 Å². The van der Waals surface area contributed by atoms with E-state index in [1.165, 1.54) is 18.5 Å². The summed E-state index contributed by atoms with van der Waals surface area (Å²) < 4.78 is 2.10. The summed E-state index contributed by atoms with van der Waals surface area (Å²) in [6.45, 7) is 5.41. The first kappa shape index (κ1) is 23.3. The molecule has 2 fully saturated rings. The third-order valence-electron chi connectivity index (χ3n) is 7.51. The van der Waals surface area contributed by atoms with Gasteiger partial charge < -0.3 is 9.47 Å². The number of nitrogens with zero attached hydrogens (tertiary/aromatic N) is 5. The SMILES string of the molecule is Cc1ccc2c(-c3nnc(SCCCN4C[C@H]5C[C@@]5(c5ccc(Cl)c(Cl)c5)C4)n3C)cccc2n1. The highest BCUT2D eigenvalue weighted by atomic mass is 35.5. The Bertz CT molecular complexity index is 1420. The molecule has 0 spiro atoms. The van der Waals surface area contributed by atoms with Crippen molar-refractivity contribution in [1.29, 1.82) is 0 Å². The predicted octanol–water partition coefficient (Wildman–Crippen LogP) is 6.40. The van der Waals surface area contributed by atoms with E-state index in [0.717, 1.165) is 64.3 Å². The monoisotopic (exact) mass is 523 g/mol. The molecule has 6 rings (SSSR count). The molecule has 180 valence electrons. The molecule has 3 heterocycles. The van der Waals surface area contributed by atoms with Gasteiger partial charge >= 0.3 is 0 Å². The second-order valence-electron chi connectivity index (χ2n) is 9.81. The Morgan fingerprint density at radius 1 is 1.09 bits per heavy atom. The van der Waals surface area contributed by atoms with Crippen molar-refractivity contribution in [3.8, 4) is 11.4 Å². The average molecular weight is 525 g/mol. The molecule has 0 N–H and O–H groups in total. The minimum atomic E-state index is 0.283. The highest BCUT2D eigenvalue weighted by molar-refractivity contribution is 7.99. The molecule has 2 aromatic heterocycles. The maximum atomic E-state index is 6.29. The van der Waals surface area contributed by atoms with Crippen LogP contribution < -0.4 is 0 Å². The number of thioether (sulfide) groups is 1. The van der Waals surface area contributed by atoms with Gasteiger partial charge in [0.15, 0.2) is 11.0 Å². The molecule has 2 atom stereocenters. The van der Waals surface area contributed by atoms with Gasteiger partial charge in [0.05, 0.1) is 15.6 Å². The number of likely N-dealkylation sites (tertiary alicyclic amines) is 1. The molecule has 1 aliphatic carbocycles. The van der Waals surface area contributed by atoms with Crippen LogP contribution in [0.4, 0.5) is 0 Å². The number of rotatable bonds is 7. The van der Waals surface area contributed by atoms with Gasteiger partial charge in [0.25, 0.3) is 0 Å². The summed E-state index contributed by atoms with van der Waals surface area (Å²) in [6.07, 6.45) is 2.38. The third kappa shape index (κ3) is 4.25. The van der Waals surface area contributed by atoms with E-state index in [-0.39, 0.29) is 5.41 Å². The molecule has 4 aromatic rings. The van der Waals surface area contributed by atoms with E-state index in [9.17, 15) is 0 Å². The summed E-state index contributed by atoms with van der Waals surface area (Å²) in [6, 6.07) is 16.5. The molecule has 0 radical (unpaired) electrons. The number of hydrogen-bond acceptors (Lipinski definition) is 5. The highest BCUT2D eigenvalue weighted by Crippen LogP contribution is 2.59. The lowest BCUT2D eigenvalue weighted by Crippen LogP contribution is -2.27. The maximum Gasteiger partial charge on any atom is 0.191 e. The van der Waals surface area contributed by atoms with E-state index in [0.29, 0.717) is 10.0 Å². The minimum absolute atomic E-state index is 0.283. The summed E-state index contributed by atoms with van der Waals surface area (Å²) in [5.41, 5.74) is 4.70. The van der Waals surface area contributed by atoms with Crippen LogP contribution in [0.5, 0.6) is 0 Å². The van der Waals surface area contributed by atoms with Crippen molar-refractivity contribution in [2.24, 2.45) is 13.0 Å². The topological polar surface area (TPSA) is 46.8 Å². The fourth-order valence-corrected chi connectivity index (χ4v) is 6.72. The molecule has 8 heteroatoms. The largest absolute Gasteiger partial charge is 0.305 e. The van der Waals surface area contributed by atoms with Gasteiger partial charge in [-0.25, -0.2) is 0 Å². The predicted molar refractivity (Wildman–Crippen MR) is 145 cm³/mol. The Labute approximate surface area is 219 Å². The molecule has 2 aliphatic rings. The Morgan fingerprint density at radius 2 is 1.97 bits per heavy atom. The van der Waals surface area contributed by atoms with Crippen molar-refractivity contribution < 1.29 is 0 Å². The molecule has 0 amide bonds. The van der Waals surface area contributed by atoms with Crippen molar-refractivity contribution in [3.05, 3.63) is 69.8 Å². The van der Waals surface area contributed by atoms with Crippen LogP contribution in [-0.4, -0.2) is 50.0 Å². The van der Waals surface area contributed by atoms with Crippen molar-refractivity contribution in [1.82, 2.24) is 24.6 Å². The van der Waals surface area contributed by atoms with Crippen LogP contribution >= 0.6 is 35.0 Å². The number of piperidine rings is 1. The summed E-state index contributed by atoms with van der Waals surface area (Å²) in [5, 5.41) is 12.4. The number of benzene rings is 2. The van der Waals surface area contributed by atoms with E-state index in [4.69, 9.17) is 23.2 Å². The van der Waals surface area contributed by atoms with E-state index < -0.39 is 0 Å². The van der Waals surface area contributed by atoms with Crippen LogP contribution in [0.1, 0.15) is 24.1 Å². The average Bonchev–Trinajstić information content (AvgIpc) is 3.22. The van der Waals surface area contributed by atoms with Gasteiger partial charge in [-0.3, -0.25) is 4.98 Å². The number of fused-ring (bicyclic) bond motifs is 2. The molecule has 1 aliphatic heterocycles. The van der Waals surface area contributed by atoms with Gasteiger partial charge in [0.1, 0.15) is 0 Å². The van der Waals surface area contributed by atoms with Crippen LogP contribution in [-0.2, 0) is 12.5 Å². The Hall–Kier alpha value is -2.12. The number of pyridine rings is 1. The van der Waals surface area contributed by atoms with Gasteiger partial charge in [0.2, 0.25) is 0 Å². The minimum Gasteiger partial charge on any atom is -0.305 e. The van der Waals surface area contributed by atoms with Crippen LogP contribution in [0.3, 0.4) is 0 Å². The Kier molecular flexibility index (Phi) is 6.04. The zero-order valence-corrected chi connectivity index (χ0v) is 22.2. The summed E-state index contributed by atoms with van der Waals surface area (Å²) in [7, 11) is 2.05. The van der Waals surface area contributed by atoms with Crippen LogP contribution in [0.2, 0.25) is 10.0 Å². The summed E-state index contributed by atoms with van der Waals surface area (Å²) in [5.74, 6) is 2.64. The van der Waals surface area contributed by atoms with Gasteiger partial charge in [-0.15, -0.1) is 10.2 Å². The molecule has 5 nitrogen and oxygen atoms in total. The Balaban J connectivity index is 1.07. The molecule has 1 saturated heterocycles. The lowest BCUT2D eigenvalue weighted by atomic mass is 9.95. The highest BCUT2D eigenvalue weighted by Gasteiger charge is 2.60. The first-order chi connectivity index (χ1) is 16.9. The third-order valence-corrected chi connectivity index (χ3v) is 9.35. The normalized spacial score (nSPS) is 21.5. The number of halogens is 2. The van der Waals surface area contributed by atoms with E-state index >= 15 is 0 Å². The lowest BCUT2D eigenvalue weighted by molar-refractivity contribution is 0.299. The van der Waals surface area contributed by atoms with Gasteiger partial charge in [0, 0.05) is 47.9 Å². The molecule has 0 unspecified atom stereocenters. The lowest BCUT2D eigenvalue weighted by Gasteiger charge is -2.21. The van der Waals surface area contributed by atoms with Crippen molar-refractivity contribution in [3.63, 3.8) is 0 Å². The fraction of sp³-hybridized carbons (Fsp3) is 0.370. The molecular formula is C27H27Cl2N5S. The number of hydrogen-bond donors (Lipinski definition) is 0. The van der Waals surface area contributed by atoms with Crippen LogP contribution in [0, 0.1) is 12.8 Å². The smallest absolute Gasteiger partial charge is 0.191 e. The first-order valence-corrected chi connectivity index (χ1v) is 13.8. The summed E-state index contributed by atoms with van der Waals surface area (Å²) >= 11 is 14.2.